The zero-order chi connectivity index (χ0) is 20.6. The van der Waals surface area contributed by atoms with Crippen LogP contribution >= 0.6 is 11.8 Å². The highest BCUT2D eigenvalue weighted by atomic mass is 32.2. The van der Waals surface area contributed by atoms with Crippen molar-refractivity contribution in [3.8, 4) is 0 Å². The molecule has 2 heterocycles. The number of aryl methyl sites for hydroxylation is 1. The molecule has 2 aliphatic rings. The minimum absolute atomic E-state index is 0.0525. The summed E-state index contributed by atoms with van der Waals surface area (Å²) >= 11 is 1.36. The summed E-state index contributed by atoms with van der Waals surface area (Å²) in [5, 5.41) is 0.419. The number of hydrogen-bond acceptors (Lipinski definition) is 4. The van der Waals surface area contributed by atoms with E-state index < -0.39 is 9.84 Å². The van der Waals surface area contributed by atoms with E-state index in [2.05, 4.69) is 4.99 Å². The number of fused-ring (bicyclic) bond motifs is 1. The first-order chi connectivity index (χ1) is 13.8. The Hall–Kier alpha value is -2.19. The van der Waals surface area contributed by atoms with Crippen molar-refractivity contribution in [2.45, 2.75) is 31.2 Å². The fourth-order valence-electron chi connectivity index (χ4n) is 3.75. The highest BCUT2D eigenvalue weighted by Gasteiger charge is 2.48. The first-order valence-electron chi connectivity index (χ1n) is 9.34. The number of amides is 1. The number of rotatable bonds is 4. The number of aliphatic imine (C=N–C) groups is 1. The standard InChI is InChI=1S/C21H21FN2O3S2/c1-14-3-2-4-16(9-14)10-20(25)23-21-24(11-15-5-7-17(22)8-6-15)18-12-29(26,27)13-19(18)28-21/h2-9,18-19H,10-13H2,1H3/t18-,19+/m0/s1. The lowest BCUT2D eigenvalue weighted by molar-refractivity contribution is -0.117. The van der Waals surface area contributed by atoms with Crippen LogP contribution in [0.5, 0.6) is 0 Å². The van der Waals surface area contributed by atoms with Crippen LogP contribution in [0.25, 0.3) is 0 Å². The van der Waals surface area contributed by atoms with Gasteiger partial charge in [-0.15, -0.1) is 0 Å². The summed E-state index contributed by atoms with van der Waals surface area (Å²) in [4.78, 5) is 18.8. The van der Waals surface area contributed by atoms with Crippen molar-refractivity contribution < 1.29 is 17.6 Å². The molecule has 0 N–H and O–H groups in total. The lowest BCUT2D eigenvalue weighted by Crippen LogP contribution is -2.37. The molecule has 0 aromatic heterocycles. The first-order valence-corrected chi connectivity index (χ1v) is 12.0. The number of sulfone groups is 1. The van der Waals surface area contributed by atoms with Crippen LogP contribution in [-0.4, -0.2) is 47.2 Å². The van der Waals surface area contributed by atoms with Crippen LogP contribution in [0.4, 0.5) is 4.39 Å². The summed E-state index contributed by atoms with van der Waals surface area (Å²) in [5.41, 5.74) is 2.82. The highest BCUT2D eigenvalue weighted by molar-refractivity contribution is 8.15. The van der Waals surface area contributed by atoms with E-state index in [9.17, 15) is 17.6 Å². The maximum Gasteiger partial charge on any atom is 0.252 e. The molecule has 0 unspecified atom stereocenters. The number of nitrogens with zero attached hydrogens (tertiary/aromatic N) is 2. The number of carbonyl (C=O) groups is 1. The molecule has 29 heavy (non-hydrogen) atoms. The van der Waals surface area contributed by atoms with Gasteiger partial charge in [-0.25, -0.2) is 12.8 Å². The van der Waals surface area contributed by atoms with E-state index in [-0.39, 0.29) is 40.9 Å². The Balaban J connectivity index is 1.57. The fourth-order valence-corrected chi connectivity index (χ4v) is 7.72. The van der Waals surface area contributed by atoms with Gasteiger partial charge in [0.1, 0.15) is 5.82 Å². The number of thioether (sulfide) groups is 1. The largest absolute Gasteiger partial charge is 0.342 e. The molecule has 0 saturated carbocycles. The van der Waals surface area contributed by atoms with Gasteiger partial charge in [0.05, 0.1) is 24.0 Å². The molecule has 152 valence electrons. The quantitative estimate of drug-likeness (QED) is 0.743. The van der Waals surface area contributed by atoms with E-state index in [4.69, 9.17) is 0 Å². The topological polar surface area (TPSA) is 66.8 Å². The van der Waals surface area contributed by atoms with Crippen LogP contribution in [0.3, 0.4) is 0 Å². The Morgan fingerprint density at radius 3 is 2.66 bits per heavy atom. The van der Waals surface area contributed by atoms with Gasteiger partial charge in [-0.05, 0) is 30.2 Å². The average Bonchev–Trinajstić information content (AvgIpc) is 3.09. The Bertz CT molecular complexity index is 1070. The predicted molar refractivity (Wildman–Crippen MR) is 113 cm³/mol. The van der Waals surface area contributed by atoms with Crippen LogP contribution in [0.1, 0.15) is 16.7 Å². The average molecular weight is 433 g/mol. The van der Waals surface area contributed by atoms with Crippen molar-refractivity contribution in [3.05, 3.63) is 71.0 Å². The van der Waals surface area contributed by atoms with Crippen molar-refractivity contribution in [3.63, 3.8) is 0 Å². The van der Waals surface area contributed by atoms with Gasteiger partial charge in [0.15, 0.2) is 15.0 Å². The molecule has 2 aromatic rings. The van der Waals surface area contributed by atoms with Crippen LogP contribution in [-0.2, 0) is 27.6 Å². The van der Waals surface area contributed by atoms with E-state index in [1.807, 2.05) is 36.1 Å². The zero-order valence-corrected chi connectivity index (χ0v) is 17.5. The maximum atomic E-state index is 13.2. The van der Waals surface area contributed by atoms with Gasteiger partial charge in [-0.2, -0.15) is 4.99 Å². The lowest BCUT2D eigenvalue weighted by atomic mass is 10.1. The number of carbonyl (C=O) groups excluding carboxylic acids is 1. The Morgan fingerprint density at radius 2 is 1.93 bits per heavy atom. The molecule has 2 saturated heterocycles. The molecule has 0 bridgehead atoms. The minimum atomic E-state index is -3.11. The second-order valence-corrected chi connectivity index (χ2v) is 10.9. The van der Waals surface area contributed by atoms with Crippen molar-refractivity contribution in [2.24, 2.45) is 4.99 Å². The zero-order valence-electron chi connectivity index (χ0n) is 15.9. The van der Waals surface area contributed by atoms with Gasteiger partial charge in [0.25, 0.3) is 5.91 Å². The third kappa shape index (κ3) is 4.70. The second-order valence-electron chi connectivity index (χ2n) is 7.51. The fraction of sp³-hybridized carbons (Fsp3) is 0.333. The van der Waals surface area contributed by atoms with Gasteiger partial charge in [0.2, 0.25) is 0 Å². The molecular formula is C21H21FN2O3S2. The van der Waals surface area contributed by atoms with Crippen molar-refractivity contribution in [1.82, 2.24) is 4.90 Å². The number of hydrogen-bond donors (Lipinski definition) is 0. The van der Waals surface area contributed by atoms with E-state index in [1.54, 1.807) is 12.1 Å². The van der Waals surface area contributed by atoms with Gasteiger partial charge in [-0.1, -0.05) is 53.7 Å². The van der Waals surface area contributed by atoms with Gasteiger partial charge >= 0.3 is 0 Å². The third-order valence-corrected chi connectivity index (χ3v) is 8.35. The Kier molecular flexibility index (Phi) is 5.48. The molecule has 5 nitrogen and oxygen atoms in total. The summed E-state index contributed by atoms with van der Waals surface area (Å²) in [6.07, 6.45) is 0.198. The van der Waals surface area contributed by atoms with Crippen molar-refractivity contribution in [1.29, 1.82) is 0 Å². The molecule has 2 atom stereocenters. The van der Waals surface area contributed by atoms with Crippen molar-refractivity contribution in [2.75, 3.05) is 11.5 Å². The second kappa shape index (κ2) is 7.91. The molecule has 2 aliphatic heterocycles. The molecule has 2 aromatic carbocycles. The molecule has 2 fully saturated rings. The predicted octanol–water partition coefficient (Wildman–Crippen LogP) is 2.97. The Labute approximate surface area is 173 Å². The normalized spacial score (nSPS) is 24.1. The Morgan fingerprint density at radius 1 is 1.17 bits per heavy atom. The number of halogens is 1. The molecule has 4 rings (SSSR count). The molecule has 8 heteroatoms. The van der Waals surface area contributed by atoms with Gasteiger partial charge in [-0.3, -0.25) is 4.79 Å². The van der Waals surface area contributed by atoms with Crippen LogP contribution in [0.2, 0.25) is 0 Å². The lowest BCUT2D eigenvalue weighted by Gasteiger charge is -2.24. The van der Waals surface area contributed by atoms with Crippen LogP contribution < -0.4 is 0 Å². The first kappa shape index (κ1) is 20.1. The van der Waals surface area contributed by atoms with Gasteiger partial charge in [0, 0.05) is 11.8 Å². The summed E-state index contributed by atoms with van der Waals surface area (Å²) in [5.74, 6) is -0.442. The van der Waals surface area contributed by atoms with E-state index >= 15 is 0 Å². The summed E-state index contributed by atoms with van der Waals surface area (Å²) in [6.45, 7) is 2.36. The van der Waals surface area contributed by atoms with Crippen LogP contribution in [0, 0.1) is 12.7 Å². The number of amidine groups is 1. The molecule has 0 radical (unpaired) electrons. The molecule has 1 amide bonds. The minimum Gasteiger partial charge on any atom is -0.342 e. The summed E-state index contributed by atoms with van der Waals surface area (Å²) in [6, 6.07) is 13.6. The molecular weight excluding hydrogens is 411 g/mol. The SMILES string of the molecule is Cc1cccc(CC(=O)N=C2S[C@@H]3CS(=O)(=O)C[C@@H]3N2Cc2ccc(F)cc2)c1. The highest BCUT2D eigenvalue weighted by Crippen LogP contribution is 2.39. The monoisotopic (exact) mass is 432 g/mol. The smallest absolute Gasteiger partial charge is 0.252 e. The van der Waals surface area contributed by atoms with Crippen LogP contribution in [0.15, 0.2) is 53.5 Å². The van der Waals surface area contributed by atoms with E-state index in [0.29, 0.717) is 11.7 Å². The molecule has 0 aliphatic carbocycles. The van der Waals surface area contributed by atoms with Crippen molar-refractivity contribution >= 4 is 32.7 Å². The maximum absolute atomic E-state index is 13.2. The molecule has 0 spiro atoms. The number of benzene rings is 2. The summed E-state index contributed by atoms with van der Waals surface area (Å²) < 4.78 is 37.4. The van der Waals surface area contributed by atoms with E-state index in [1.165, 1.54) is 23.9 Å². The third-order valence-electron chi connectivity index (χ3n) is 5.10. The van der Waals surface area contributed by atoms with Gasteiger partial charge < -0.3 is 4.90 Å². The van der Waals surface area contributed by atoms with E-state index in [0.717, 1.165) is 16.7 Å². The summed E-state index contributed by atoms with van der Waals surface area (Å²) in [7, 11) is -3.11.